The number of hydrogen-bond acceptors (Lipinski definition) is 4. The van der Waals surface area contributed by atoms with Crippen LogP contribution in [0.4, 0.5) is 0 Å². The average molecular weight is 320 g/mol. The summed E-state index contributed by atoms with van der Waals surface area (Å²) in [4.78, 5) is 9.03. The molecule has 0 spiro atoms. The third kappa shape index (κ3) is 2.29. The number of nitrogens with zero attached hydrogens (tertiary/aromatic N) is 2. The largest absolute Gasteiger partial charge is 0.379 e. The highest BCUT2D eigenvalue weighted by Crippen LogP contribution is 2.30. The van der Waals surface area contributed by atoms with Crippen LogP contribution in [0.15, 0.2) is 41.0 Å². The van der Waals surface area contributed by atoms with Crippen LogP contribution in [0, 0.1) is 0 Å². The second-order valence-electron chi connectivity index (χ2n) is 4.75. The van der Waals surface area contributed by atoms with Crippen LogP contribution >= 0.6 is 15.9 Å². The smallest absolute Gasteiger partial charge is 0.141 e. The Hall–Kier alpha value is -1.30. The number of aromatic nitrogens is 2. The van der Waals surface area contributed by atoms with Gasteiger partial charge in [0.1, 0.15) is 5.82 Å². The monoisotopic (exact) mass is 319 g/mol. The van der Waals surface area contributed by atoms with Crippen molar-refractivity contribution in [1.29, 1.82) is 0 Å². The molecule has 0 saturated carbocycles. The molecule has 2 N–H and O–H groups in total. The molecule has 2 heterocycles. The van der Waals surface area contributed by atoms with Gasteiger partial charge in [0, 0.05) is 22.8 Å². The average Bonchev–Trinajstić information content (AvgIpc) is 2.39. The lowest BCUT2D eigenvalue weighted by molar-refractivity contribution is -0.0593. The molecule has 0 radical (unpaired) electrons. The van der Waals surface area contributed by atoms with Crippen LogP contribution in [-0.4, -0.2) is 29.7 Å². The summed E-state index contributed by atoms with van der Waals surface area (Å²) in [6, 6.07) is 9.97. The van der Waals surface area contributed by atoms with Crippen molar-refractivity contribution in [2.24, 2.45) is 5.73 Å². The molecule has 0 unspecified atom stereocenters. The fourth-order valence-electron chi connectivity index (χ4n) is 2.11. The maximum Gasteiger partial charge on any atom is 0.141 e. The lowest BCUT2D eigenvalue weighted by Crippen LogP contribution is -2.53. The molecule has 0 amide bonds. The quantitative estimate of drug-likeness (QED) is 0.941. The molecule has 0 bridgehead atoms. The molecule has 1 aliphatic rings. The van der Waals surface area contributed by atoms with E-state index >= 15 is 0 Å². The standard InChI is InChI=1S/C14H14BrN3O/c15-11-3-1-2-10(6-11)12-4-5-17-13(18-12)14(7-16)8-19-9-14/h1-6H,7-9,16H2. The Kier molecular flexibility index (Phi) is 3.35. The molecule has 2 aromatic rings. The van der Waals surface area contributed by atoms with Crippen molar-refractivity contribution < 1.29 is 4.74 Å². The van der Waals surface area contributed by atoms with Gasteiger partial charge in [-0.05, 0) is 18.2 Å². The van der Waals surface area contributed by atoms with Crippen molar-refractivity contribution in [2.45, 2.75) is 5.41 Å². The van der Waals surface area contributed by atoms with Crippen LogP contribution in [0.2, 0.25) is 0 Å². The highest BCUT2D eigenvalue weighted by molar-refractivity contribution is 9.10. The number of benzene rings is 1. The van der Waals surface area contributed by atoms with Gasteiger partial charge in [-0.1, -0.05) is 28.1 Å². The zero-order chi connectivity index (χ0) is 13.3. The Morgan fingerprint density at radius 2 is 2.16 bits per heavy atom. The van der Waals surface area contributed by atoms with E-state index in [4.69, 9.17) is 10.5 Å². The van der Waals surface area contributed by atoms with E-state index in [1.54, 1.807) is 6.20 Å². The molecule has 98 valence electrons. The summed E-state index contributed by atoms with van der Waals surface area (Å²) in [5.74, 6) is 0.777. The first-order valence-electron chi connectivity index (χ1n) is 6.11. The molecule has 0 atom stereocenters. The fraction of sp³-hybridized carbons (Fsp3) is 0.286. The first-order chi connectivity index (χ1) is 9.23. The second kappa shape index (κ2) is 5.00. The molecular weight excluding hydrogens is 306 g/mol. The minimum atomic E-state index is -0.206. The summed E-state index contributed by atoms with van der Waals surface area (Å²) < 4.78 is 6.31. The van der Waals surface area contributed by atoms with E-state index in [-0.39, 0.29) is 5.41 Å². The number of hydrogen-bond donors (Lipinski definition) is 1. The number of rotatable bonds is 3. The zero-order valence-electron chi connectivity index (χ0n) is 10.3. The molecule has 1 fully saturated rings. The number of ether oxygens (including phenoxy) is 1. The highest BCUT2D eigenvalue weighted by Gasteiger charge is 2.42. The van der Waals surface area contributed by atoms with E-state index < -0.39 is 0 Å². The topological polar surface area (TPSA) is 61.0 Å². The number of nitrogens with two attached hydrogens (primary N) is 1. The molecular formula is C14H14BrN3O. The summed E-state index contributed by atoms with van der Waals surface area (Å²) in [7, 11) is 0. The predicted octanol–water partition coefficient (Wildman–Crippen LogP) is 2.13. The van der Waals surface area contributed by atoms with Gasteiger partial charge in [0.25, 0.3) is 0 Å². The number of halogens is 1. The Morgan fingerprint density at radius 1 is 1.32 bits per heavy atom. The molecule has 19 heavy (non-hydrogen) atoms. The molecule has 0 aliphatic carbocycles. The molecule has 1 aliphatic heterocycles. The lowest BCUT2D eigenvalue weighted by atomic mass is 9.85. The molecule has 4 nitrogen and oxygen atoms in total. The van der Waals surface area contributed by atoms with Gasteiger partial charge in [-0.15, -0.1) is 0 Å². The normalized spacial score (nSPS) is 16.9. The van der Waals surface area contributed by atoms with E-state index in [1.807, 2.05) is 30.3 Å². The van der Waals surface area contributed by atoms with E-state index in [0.717, 1.165) is 21.6 Å². The summed E-state index contributed by atoms with van der Waals surface area (Å²) >= 11 is 3.47. The maximum absolute atomic E-state index is 5.85. The van der Waals surface area contributed by atoms with E-state index in [2.05, 4.69) is 25.9 Å². The zero-order valence-corrected chi connectivity index (χ0v) is 11.9. The van der Waals surface area contributed by atoms with Crippen molar-refractivity contribution in [2.75, 3.05) is 19.8 Å². The minimum Gasteiger partial charge on any atom is -0.379 e. The van der Waals surface area contributed by atoms with E-state index in [1.165, 1.54) is 0 Å². The van der Waals surface area contributed by atoms with Crippen molar-refractivity contribution in [3.05, 3.63) is 46.8 Å². The molecule has 3 rings (SSSR count). The van der Waals surface area contributed by atoms with Crippen molar-refractivity contribution in [1.82, 2.24) is 9.97 Å². The maximum atomic E-state index is 5.85. The van der Waals surface area contributed by atoms with Gasteiger partial charge in [0.15, 0.2) is 0 Å². The van der Waals surface area contributed by atoms with Crippen LogP contribution in [0.1, 0.15) is 5.82 Å². The molecule has 1 aromatic carbocycles. The summed E-state index contributed by atoms with van der Waals surface area (Å²) in [6.07, 6.45) is 1.79. The molecule has 1 aromatic heterocycles. The second-order valence-corrected chi connectivity index (χ2v) is 5.67. The van der Waals surface area contributed by atoms with Gasteiger partial charge < -0.3 is 10.5 Å². The van der Waals surface area contributed by atoms with Gasteiger partial charge in [-0.2, -0.15) is 0 Å². The first kappa shape index (κ1) is 12.7. The third-order valence-electron chi connectivity index (χ3n) is 3.40. The predicted molar refractivity (Wildman–Crippen MR) is 76.7 cm³/mol. The summed E-state index contributed by atoms with van der Waals surface area (Å²) in [5, 5.41) is 0. The fourth-order valence-corrected chi connectivity index (χ4v) is 2.51. The van der Waals surface area contributed by atoms with Gasteiger partial charge in [0.2, 0.25) is 0 Å². The third-order valence-corrected chi connectivity index (χ3v) is 3.89. The summed E-state index contributed by atoms with van der Waals surface area (Å²) in [6.45, 7) is 1.71. The molecule has 1 saturated heterocycles. The van der Waals surface area contributed by atoms with Crippen molar-refractivity contribution >= 4 is 15.9 Å². The van der Waals surface area contributed by atoms with Crippen LogP contribution in [0.3, 0.4) is 0 Å². The van der Waals surface area contributed by atoms with Crippen molar-refractivity contribution in [3.63, 3.8) is 0 Å². The van der Waals surface area contributed by atoms with Gasteiger partial charge in [-0.25, -0.2) is 9.97 Å². The van der Waals surface area contributed by atoms with Crippen molar-refractivity contribution in [3.8, 4) is 11.3 Å². The Bertz CT molecular complexity index is 593. The Morgan fingerprint density at radius 3 is 2.79 bits per heavy atom. The van der Waals surface area contributed by atoms with Crippen LogP contribution < -0.4 is 5.73 Å². The Balaban J connectivity index is 2.00. The Labute approximate surface area is 120 Å². The summed E-state index contributed by atoms with van der Waals surface area (Å²) in [5.41, 5.74) is 7.61. The van der Waals surface area contributed by atoms with Gasteiger partial charge in [0.05, 0.1) is 24.3 Å². The van der Waals surface area contributed by atoms with E-state index in [9.17, 15) is 0 Å². The first-order valence-corrected chi connectivity index (χ1v) is 6.90. The lowest BCUT2D eigenvalue weighted by Gasteiger charge is -2.38. The molecule has 5 heteroatoms. The van der Waals surface area contributed by atoms with E-state index in [0.29, 0.717) is 19.8 Å². The van der Waals surface area contributed by atoms with Crippen LogP contribution in [-0.2, 0) is 10.2 Å². The van der Waals surface area contributed by atoms with Crippen LogP contribution in [0.5, 0.6) is 0 Å². The highest BCUT2D eigenvalue weighted by atomic mass is 79.9. The van der Waals surface area contributed by atoms with Gasteiger partial charge in [-0.3, -0.25) is 0 Å². The minimum absolute atomic E-state index is 0.206. The van der Waals surface area contributed by atoms with Gasteiger partial charge >= 0.3 is 0 Å². The SMILES string of the molecule is NCC1(c2nccc(-c3cccc(Br)c3)n2)COC1. The van der Waals surface area contributed by atoms with Crippen LogP contribution in [0.25, 0.3) is 11.3 Å².